The Bertz CT molecular complexity index is 1180. The molecule has 4 rings (SSSR count). The molecule has 0 radical (unpaired) electrons. The summed E-state index contributed by atoms with van der Waals surface area (Å²) in [6, 6.07) is 16.1. The van der Waals surface area contributed by atoms with Gasteiger partial charge in [-0.25, -0.2) is 8.42 Å². The molecule has 1 aromatic heterocycles. The summed E-state index contributed by atoms with van der Waals surface area (Å²) in [7, 11) is -3.05. The molecule has 0 aliphatic carbocycles. The van der Waals surface area contributed by atoms with Gasteiger partial charge in [0.15, 0.2) is 21.2 Å². The van der Waals surface area contributed by atoms with E-state index in [1.54, 1.807) is 0 Å². The number of hydrogen-bond acceptors (Lipinski definition) is 6. The van der Waals surface area contributed by atoms with Crippen LogP contribution in [0.25, 0.3) is 11.0 Å². The van der Waals surface area contributed by atoms with E-state index in [9.17, 15) is 13.2 Å². The second-order valence-corrected chi connectivity index (χ2v) is 10.3. The molecule has 0 spiro atoms. The topological polar surface area (TPSA) is 88.9 Å². The van der Waals surface area contributed by atoms with Crippen LogP contribution < -0.4 is 10.1 Å². The van der Waals surface area contributed by atoms with E-state index < -0.39 is 15.9 Å². The third kappa shape index (κ3) is 4.81. The number of sulfone groups is 1. The van der Waals surface area contributed by atoms with Gasteiger partial charge in [0.05, 0.1) is 24.2 Å². The van der Waals surface area contributed by atoms with Gasteiger partial charge in [-0.1, -0.05) is 42.5 Å². The second kappa shape index (κ2) is 9.34. The maximum Gasteiger partial charge on any atom is 0.242 e. The molecule has 1 fully saturated rings. The lowest BCUT2D eigenvalue weighted by atomic mass is 10.0. The van der Waals surface area contributed by atoms with Gasteiger partial charge in [0, 0.05) is 18.5 Å². The van der Waals surface area contributed by atoms with Crippen LogP contribution in [0.3, 0.4) is 0 Å². The minimum Gasteiger partial charge on any atom is -0.490 e. The monoisotopic (exact) mass is 456 g/mol. The van der Waals surface area contributed by atoms with Gasteiger partial charge in [0.2, 0.25) is 5.91 Å². The fourth-order valence-corrected chi connectivity index (χ4v) is 5.28. The van der Waals surface area contributed by atoms with Gasteiger partial charge in [-0.15, -0.1) is 0 Å². The predicted octanol–water partition coefficient (Wildman–Crippen LogP) is 3.48. The first-order valence-corrected chi connectivity index (χ1v) is 12.6. The zero-order chi connectivity index (χ0) is 22.7. The summed E-state index contributed by atoms with van der Waals surface area (Å²) in [5.74, 6) is 1.24. The summed E-state index contributed by atoms with van der Waals surface area (Å²) in [5, 5.41) is 3.97. The number of amides is 1. The van der Waals surface area contributed by atoms with Crippen LogP contribution in [0.5, 0.6) is 5.75 Å². The molecule has 170 valence electrons. The van der Waals surface area contributed by atoms with Crippen molar-refractivity contribution in [2.24, 2.45) is 0 Å². The maximum atomic E-state index is 13.4. The molecule has 1 amide bonds. The van der Waals surface area contributed by atoms with E-state index in [1.807, 2.05) is 73.3 Å². The van der Waals surface area contributed by atoms with Gasteiger partial charge < -0.3 is 14.5 Å². The van der Waals surface area contributed by atoms with Crippen LogP contribution in [0.1, 0.15) is 37.3 Å². The molecule has 3 aromatic rings. The Labute approximate surface area is 188 Å². The Kier molecular flexibility index (Phi) is 6.53. The summed E-state index contributed by atoms with van der Waals surface area (Å²) in [5.41, 5.74) is 1.49. The van der Waals surface area contributed by atoms with Crippen LogP contribution in [0, 0.1) is 0 Å². The molecule has 32 heavy (non-hydrogen) atoms. The first kappa shape index (κ1) is 22.4. The minimum absolute atomic E-state index is 0.0585. The first-order valence-electron chi connectivity index (χ1n) is 10.8. The fraction of sp³-hybridized carbons (Fsp3) is 0.375. The smallest absolute Gasteiger partial charge is 0.242 e. The van der Waals surface area contributed by atoms with Crippen molar-refractivity contribution < 1.29 is 22.4 Å². The maximum absolute atomic E-state index is 13.4. The first-order chi connectivity index (χ1) is 15.4. The summed E-state index contributed by atoms with van der Waals surface area (Å²) in [6.07, 6.45) is 0. The number of carbonyl (C=O) groups is 1. The highest BCUT2D eigenvalue weighted by Gasteiger charge is 2.33. The molecular weight excluding hydrogens is 428 g/mol. The quantitative estimate of drug-likeness (QED) is 0.586. The largest absolute Gasteiger partial charge is 0.490 e. The fourth-order valence-electron chi connectivity index (χ4n) is 4.05. The SMILES string of the molecule is CCOc1cccc2cc(C(C)NC(=O)C(c3ccccc3)N3CCS(=O)(=O)CC3)oc12. The average Bonchev–Trinajstić information content (AvgIpc) is 3.22. The summed E-state index contributed by atoms with van der Waals surface area (Å²) >= 11 is 0. The number of carbonyl (C=O) groups excluding carboxylic acids is 1. The summed E-state index contributed by atoms with van der Waals surface area (Å²) in [6.45, 7) is 4.98. The second-order valence-electron chi connectivity index (χ2n) is 7.99. The lowest BCUT2D eigenvalue weighted by molar-refractivity contribution is -0.127. The van der Waals surface area contributed by atoms with Crippen molar-refractivity contribution >= 4 is 26.7 Å². The standard InChI is InChI=1S/C24H28N2O5S/c1-3-30-20-11-7-10-19-16-21(31-23(19)20)17(2)25-24(27)22(18-8-5-4-6-9-18)26-12-14-32(28,29)15-13-26/h4-11,16-17,22H,3,12-15H2,1-2H3,(H,25,27). The number of fused-ring (bicyclic) bond motifs is 1. The Balaban J connectivity index is 1.56. The highest BCUT2D eigenvalue weighted by Crippen LogP contribution is 2.32. The Morgan fingerprint density at radius 3 is 2.53 bits per heavy atom. The Hall–Kier alpha value is -2.84. The van der Waals surface area contributed by atoms with Crippen molar-refractivity contribution in [3.05, 3.63) is 65.9 Å². The number of rotatable bonds is 7. The molecule has 1 aliphatic rings. The molecule has 2 heterocycles. The molecule has 0 saturated carbocycles. The lowest BCUT2D eigenvalue weighted by Crippen LogP contribution is -2.47. The number of ether oxygens (including phenoxy) is 1. The summed E-state index contributed by atoms with van der Waals surface area (Å²) in [4.78, 5) is 15.3. The van der Waals surface area contributed by atoms with Crippen molar-refractivity contribution in [1.29, 1.82) is 0 Å². The number of nitrogens with zero attached hydrogens (tertiary/aromatic N) is 1. The van der Waals surface area contributed by atoms with Crippen molar-refractivity contribution in [2.75, 3.05) is 31.2 Å². The van der Waals surface area contributed by atoms with E-state index in [0.717, 1.165) is 10.9 Å². The van der Waals surface area contributed by atoms with E-state index >= 15 is 0 Å². The van der Waals surface area contributed by atoms with Crippen molar-refractivity contribution in [3.63, 3.8) is 0 Å². The van der Waals surface area contributed by atoms with E-state index in [4.69, 9.17) is 9.15 Å². The molecule has 8 heteroatoms. The van der Waals surface area contributed by atoms with Gasteiger partial charge in [0.25, 0.3) is 0 Å². The molecule has 1 N–H and O–H groups in total. The molecular formula is C24H28N2O5S. The third-order valence-electron chi connectivity index (χ3n) is 5.72. The van der Waals surface area contributed by atoms with Gasteiger partial charge in [-0.3, -0.25) is 9.69 Å². The van der Waals surface area contributed by atoms with Crippen LogP contribution in [0.15, 0.2) is 59.0 Å². The van der Waals surface area contributed by atoms with E-state index in [1.165, 1.54) is 0 Å². The van der Waals surface area contributed by atoms with Gasteiger partial charge >= 0.3 is 0 Å². The molecule has 0 bridgehead atoms. The third-order valence-corrected chi connectivity index (χ3v) is 7.33. The highest BCUT2D eigenvalue weighted by atomic mass is 32.2. The number of hydrogen-bond donors (Lipinski definition) is 1. The average molecular weight is 457 g/mol. The van der Waals surface area contributed by atoms with Crippen LogP contribution >= 0.6 is 0 Å². The normalized spacial score (nSPS) is 18.2. The molecule has 2 unspecified atom stereocenters. The van der Waals surface area contributed by atoms with Gasteiger partial charge in [-0.05, 0) is 31.5 Å². The van der Waals surface area contributed by atoms with E-state index in [0.29, 0.717) is 36.8 Å². The van der Waals surface area contributed by atoms with Crippen molar-refractivity contribution in [1.82, 2.24) is 10.2 Å². The number of para-hydroxylation sites is 1. The van der Waals surface area contributed by atoms with Crippen LogP contribution in [-0.4, -0.2) is 50.4 Å². The number of nitrogens with one attached hydrogen (secondary N) is 1. The van der Waals surface area contributed by atoms with Crippen molar-refractivity contribution in [3.8, 4) is 5.75 Å². The zero-order valence-electron chi connectivity index (χ0n) is 18.3. The van der Waals surface area contributed by atoms with Crippen LogP contribution in [-0.2, 0) is 14.6 Å². The lowest BCUT2D eigenvalue weighted by Gasteiger charge is -2.34. The Morgan fingerprint density at radius 2 is 1.84 bits per heavy atom. The predicted molar refractivity (Wildman–Crippen MR) is 123 cm³/mol. The molecule has 2 atom stereocenters. The molecule has 2 aromatic carbocycles. The minimum atomic E-state index is -3.05. The zero-order valence-corrected chi connectivity index (χ0v) is 19.1. The number of furan rings is 1. The molecule has 1 saturated heterocycles. The highest BCUT2D eigenvalue weighted by molar-refractivity contribution is 7.91. The molecule has 1 aliphatic heterocycles. The van der Waals surface area contributed by atoms with E-state index in [-0.39, 0.29) is 23.5 Å². The van der Waals surface area contributed by atoms with Crippen LogP contribution in [0.4, 0.5) is 0 Å². The van der Waals surface area contributed by atoms with Crippen molar-refractivity contribution in [2.45, 2.75) is 25.9 Å². The molecule has 7 nitrogen and oxygen atoms in total. The van der Waals surface area contributed by atoms with Gasteiger partial charge in [-0.2, -0.15) is 0 Å². The number of benzene rings is 2. The summed E-state index contributed by atoms with van der Waals surface area (Å²) < 4.78 is 35.5. The Morgan fingerprint density at radius 1 is 1.12 bits per heavy atom. The van der Waals surface area contributed by atoms with E-state index in [2.05, 4.69) is 5.32 Å². The van der Waals surface area contributed by atoms with Gasteiger partial charge in [0.1, 0.15) is 11.8 Å². The van der Waals surface area contributed by atoms with Crippen LogP contribution in [0.2, 0.25) is 0 Å².